The van der Waals surface area contributed by atoms with Gasteiger partial charge in [-0.25, -0.2) is 14.4 Å². The molecule has 5 nitrogen and oxygen atoms in total. The summed E-state index contributed by atoms with van der Waals surface area (Å²) in [4.78, 5) is 8.58. The van der Waals surface area contributed by atoms with E-state index in [0.717, 1.165) is 35.2 Å². The Morgan fingerprint density at radius 3 is 2.36 bits per heavy atom. The number of nitrogen functional groups attached to an aromatic ring is 1. The van der Waals surface area contributed by atoms with Crippen molar-refractivity contribution in [3.63, 3.8) is 0 Å². The summed E-state index contributed by atoms with van der Waals surface area (Å²) in [5, 5.41) is 4.26. The van der Waals surface area contributed by atoms with Crippen LogP contribution in [0.1, 0.15) is 5.56 Å². The molecule has 4 rings (SSSR count). The molecule has 0 fully saturated rings. The maximum absolute atomic E-state index is 12.9. The Labute approximate surface area is 162 Å². The van der Waals surface area contributed by atoms with Crippen LogP contribution in [0, 0.1) is 5.82 Å². The highest BCUT2D eigenvalue weighted by molar-refractivity contribution is 5.91. The maximum atomic E-state index is 12.9. The van der Waals surface area contributed by atoms with E-state index < -0.39 is 0 Å². The molecule has 0 aliphatic rings. The summed E-state index contributed by atoms with van der Waals surface area (Å²) in [7, 11) is 0. The minimum atomic E-state index is -0.283. The van der Waals surface area contributed by atoms with Crippen molar-refractivity contribution >= 4 is 22.4 Å². The molecule has 0 saturated carbocycles. The Kier molecular flexibility index (Phi) is 5.01. The summed E-state index contributed by atoms with van der Waals surface area (Å²) in [6.45, 7) is 0.721. The fraction of sp³-hybridized carbons (Fsp3) is 0.0909. The smallest absolute Gasteiger partial charge is 0.137 e. The lowest BCUT2D eigenvalue weighted by molar-refractivity contribution is 0.480. The number of ether oxygens (including phenoxy) is 1. The van der Waals surface area contributed by atoms with Gasteiger partial charge in [0.1, 0.15) is 29.5 Å². The molecule has 0 bridgehead atoms. The number of fused-ring (bicyclic) bond motifs is 1. The fourth-order valence-corrected chi connectivity index (χ4v) is 2.90. The van der Waals surface area contributed by atoms with E-state index >= 15 is 0 Å². The topological polar surface area (TPSA) is 73.1 Å². The number of nitrogens with two attached hydrogens (primary N) is 1. The lowest BCUT2D eigenvalue weighted by Gasteiger charge is -2.10. The van der Waals surface area contributed by atoms with Crippen LogP contribution in [0.25, 0.3) is 10.9 Å². The van der Waals surface area contributed by atoms with E-state index in [0.29, 0.717) is 17.2 Å². The van der Waals surface area contributed by atoms with Gasteiger partial charge in [-0.1, -0.05) is 12.1 Å². The van der Waals surface area contributed by atoms with Gasteiger partial charge in [-0.15, -0.1) is 0 Å². The standard InChI is InChI=1S/C22H19FN4O/c23-16-3-8-19(9-4-16)28-18-6-1-15(2-7-18)11-12-25-22-20-13-17(24)5-10-21(20)26-14-27-22/h1-10,13-14H,11-12,24H2,(H,25,26,27). The van der Waals surface area contributed by atoms with Crippen molar-refractivity contribution < 1.29 is 9.13 Å². The summed E-state index contributed by atoms with van der Waals surface area (Å²) >= 11 is 0. The lowest BCUT2D eigenvalue weighted by Crippen LogP contribution is -2.07. The molecule has 0 saturated heterocycles. The highest BCUT2D eigenvalue weighted by atomic mass is 19.1. The quantitative estimate of drug-likeness (QED) is 0.474. The fourth-order valence-electron chi connectivity index (χ4n) is 2.90. The van der Waals surface area contributed by atoms with E-state index in [2.05, 4.69) is 15.3 Å². The molecule has 28 heavy (non-hydrogen) atoms. The van der Waals surface area contributed by atoms with Crippen LogP contribution in [-0.4, -0.2) is 16.5 Å². The highest BCUT2D eigenvalue weighted by Gasteiger charge is 2.04. The van der Waals surface area contributed by atoms with Gasteiger partial charge in [-0.3, -0.25) is 0 Å². The molecule has 0 radical (unpaired) electrons. The number of aromatic nitrogens is 2. The number of nitrogens with zero attached hydrogens (tertiary/aromatic N) is 2. The largest absolute Gasteiger partial charge is 0.457 e. The highest BCUT2D eigenvalue weighted by Crippen LogP contribution is 2.23. The van der Waals surface area contributed by atoms with E-state index in [1.165, 1.54) is 12.1 Å². The second kappa shape index (κ2) is 7.92. The molecule has 6 heteroatoms. The van der Waals surface area contributed by atoms with Gasteiger partial charge in [0, 0.05) is 17.6 Å². The van der Waals surface area contributed by atoms with E-state index in [4.69, 9.17) is 10.5 Å². The van der Waals surface area contributed by atoms with Gasteiger partial charge in [0.05, 0.1) is 5.52 Å². The molecule has 0 amide bonds. The zero-order valence-electron chi connectivity index (χ0n) is 15.1. The first-order chi connectivity index (χ1) is 13.7. The number of anilines is 2. The SMILES string of the molecule is Nc1ccc2ncnc(NCCc3ccc(Oc4ccc(F)cc4)cc3)c2c1. The van der Waals surface area contributed by atoms with Crippen LogP contribution >= 0.6 is 0 Å². The average Bonchev–Trinajstić information content (AvgIpc) is 2.71. The zero-order chi connectivity index (χ0) is 19.3. The van der Waals surface area contributed by atoms with Crippen LogP contribution in [0.15, 0.2) is 73.1 Å². The van der Waals surface area contributed by atoms with Crippen molar-refractivity contribution in [3.05, 3.63) is 84.4 Å². The first kappa shape index (κ1) is 17.7. The summed E-state index contributed by atoms with van der Waals surface area (Å²) < 4.78 is 18.7. The number of nitrogens with one attached hydrogen (secondary N) is 1. The van der Waals surface area contributed by atoms with Crippen molar-refractivity contribution in [1.82, 2.24) is 9.97 Å². The van der Waals surface area contributed by atoms with Crippen molar-refractivity contribution in [1.29, 1.82) is 0 Å². The Bertz CT molecular complexity index is 1080. The van der Waals surface area contributed by atoms with E-state index in [1.54, 1.807) is 18.5 Å². The average molecular weight is 374 g/mol. The van der Waals surface area contributed by atoms with Gasteiger partial charge in [-0.05, 0) is 66.6 Å². The minimum Gasteiger partial charge on any atom is -0.457 e. The third-order valence-electron chi connectivity index (χ3n) is 4.34. The van der Waals surface area contributed by atoms with Crippen LogP contribution in [0.2, 0.25) is 0 Å². The number of rotatable bonds is 6. The van der Waals surface area contributed by atoms with Gasteiger partial charge >= 0.3 is 0 Å². The van der Waals surface area contributed by atoms with Crippen LogP contribution in [0.5, 0.6) is 11.5 Å². The normalized spacial score (nSPS) is 10.8. The third kappa shape index (κ3) is 4.17. The zero-order valence-corrected chi connectivity index (χ0v) is 15.1. The molecule has 0 unspecified atom stereocenters. The Balaban J connectivity index is 1.37. The van der Waals surface area contributed by atoms with E-state index in [-0.39, 0.29) is 5.82 Å². The van der Waals surface area contributed by atoms with Crippen molar-refractivity contribution in [2.24, 2.45) is 0 Å². The molecular formula is C22H19FN4O. The summed E-state index contributed by atoms with van der Waals surface area (Å²) in [6, 6.07) is 19.4. The predicted octanol–water partition coefficient (Wildman–Crippen LogP) is 4.80. The van der Waals surface area contributed by atoms with Crippen LogP contribution in [0.4, 0.5) is 15.9 Å². The molecule has 4 aromatic rings. The molecular weight excluding hydrogens is 355 g/mol. The second-order valence-electron chi connectivity index (χ2n) is 6.38. The molecule has 1 aromatic heterocycles. The summed E-state index contributed by atoms with van der Waals surface area (Å²) in [6.07, 6.45) is 2.37. The summed E-state index contributed by atoms with van der Waals surface area (Å²) in [5.41, 5.74) is 8.58. The number of halogens is 1. The number of hydrogen-bond donors (Lipinski definition) is 2. The molecule has 3 N–H and O–H groups in total. The van der Waals surface area contributed by atoms with Gasteiger partial charge in [0.25, 0.3) is 0 Å². The van der Waals surface area contributed by atoms with Crippen molar-refractivity contribution in [3.8, 4) is 11.5 Å². The third-order valence-corrected chi connectivity index (χ3v) is 4.34. The van der Waals surface area contributed by atoms with Crippen molar-refractivity contribution in [2.45, 2.75) is 6.42 Å². The van der Waals surface area contributed by atoms with Gasteiger partial charge in [-0.2, -0.15) is 0 Å². The van der Waals surface area contributed by atoms with Crippen LogP contribution < -0.4 is 15.8 Å². The predicted molar refractivity (Wildman–Crippen MR) is 109 cm³/mol. The molecule has 3 aromatic carbocycles. The lowest BCUT2D eigenvalue weighted by atomic mass is 10.1. The first-order valence-corrected chi connectivity index (χ1v) is 8.94. The van der Waals surface area contributed by atoms with Crippen LogP contribution in [0.3, 0.4) is 0 Å². The number of benzene rings is 3. The van der Waals surface area contributed by atoms with Crippen molar-refractivity contribution in [2.75, 3.05) is 17.6 Å². The van der Waals surface area contributed by atoms with E-state index in [1.807, 2.05) is 42.5 Å². The second-order valence-corrected chi connectivity index (χ2v) is 6.38. The molecule has 0 atom stereocenters. The van der Waals surface area contributed by atoms with Gasteiger partial charge in [0.15, 0.2) is 0 Å². The summed E-state index contributed by atoms with van der Waals surface area (Å²) in [5.74, 6) is 1.80. The Hall–Kier alpha value is -3.67. The molecule has 0 spiro atoms. The molecule has 1 heterocycles. The number of hydrogen-bond acceptors (Lipinski definition) is 5. The minimum absolute atomic E-state index is 0.283. The maximum Gasteiger partial charge on any atom is 0.137 e. The Morgan fingerprint density at radius 1 is 0.893 bits per heavy atom. The van der Waals surface area contributed by atoms with Crippen LogP contribution in [-0.2, 0) is 6.42 Å². The van der Waals surface area contributed by atoms with Gasteiger partial charge in [0.2, 0.25) is 0 Å². The van der Waals surface area contributed by atoms with E-state index in [9.17, 15) is 4.39 Å². The Morgan fingerprint density at radius 2 is 1.61 bits per heavy atom. The molecule has 140 valence electrons. The first-order valence-electron chi connectivity index (χ1n) is 8.94. The molecule has 0 aliphatic carbocycles. The van der Waals surface area contributed by atoms with Gasteiger partial charge < -0.3 is 15.8 Å². The molecule has 0 aliphatic heterocycles. The monoisotopic (exact) mass is 374 g/mol.